The van der Waals surface area contributed by atoms with E-state index < -0.39 is 0 Å². The summed E-state index contributed by atoms with van der Waals surface area (Å²) >= 11 is 0. The van der Waals surface area contributed by atoms with Gasteiger partial charge < -0.3 is 10.6 Å². The molecule has 16 heavy (non-hydrogen) atoms. The summed E-state index contributed by atoms with van der Waals surface area (Å²) in [4.78, 5) is 17.8. The molecule has 2 N–H and O–H groups in total. The first-order valence-corrected chi connectivity index (χ1v) is 5.57. The molecule has 2 heterocycles. The number of hydrogen-bond donors (Lipinski definition) is 1. The molecule has 0 radical (unpaired) electrons. The Morgan fingerprint density at radius 3 is 2.75 bits per heavy atom. The molecule has 6 heteroatoms. The Morgan fingerprint density at radius 2 is 2.19 bits per heavy atom. The summed E-state index contributed by atoms with van der Waals surface area (Å²) < 4.78 is 1.58. The second-order valence-electron chi connectivity index (χ2n) is 4.21. The van der Waals surface area contributed by atoms with Crippen LogP contribution in [0, 0.1) is 0 Å². The molecule has 0 aromatic carbocycles. The lowest BCUT2D eigenvalue weighted by atomic mass is 10.1. The van der Waals surface area contributed by atoms with E-state index in [1.807, 2.05) is 11.8 Å². The molecular weight excluding hydrogens is 206 g/mol. The van der Waals surface area contributed by atoms with Crippen LogP contribution in [0.1, 0.15) is 25.8 Å². The quantitative estimate of drug-likeness (QED) is 0.752. The smallest absolute Gasteiger partial charge is 0.247 e. The minimum Gasteiger partial charge on any atom is -0.341 e. The summed E-state index contributed by atoms with van der Waals surface area (Å²) in [6.45, 7) is 3.34. The van der Waals surface area contributed by atoms with E-state index in [0.717, 1.165) is 25.9 Å². The first-order valence-electron chi connectivity index (χ1n) is 5.57. The first kappa shape index (κ1) is 11.1. The number of aromatic nitrogens is 3. The zero-order valence-corrected chi connectivity index (χ0v) is 9.41. The Bertz CT molecular complexity index is 342. The lowest BCUT2D eigenvalue weighted by Crippen LogP contribution is -2.45. The average Bonchev–Trinajstić information content (AvgIpc) is 2.81. The lowest BCUT2D eigenvalue weighted by Gasteiger charge is -2.31. The molecule has 88 valence electrons. The summed E-state index contributed by atoms with van der Waals surface area (Å²) in [7, 11) is 0. The minimum atomic E-state index is -0.281. The number of nitrogens with zero attached hydrogens (tertiary/aromatic N) is 4. The van der Waals surface area contributed by atoms with Gasteiger partial charge in [-0.1, -0.05) is 0 Å². The maximum absolute atomic E-state index is 12.1. The third-order valence-corrected chi connectivity index (χ3v) is 3.04. The van der Waals surface area contributed by atoms with E-state index >= 15 is 0 Å². The molecule has 1 atom stereocenters. The lowest BCUT2D eigenvalue weighted by molar-refractivity contribution is -0.135. The van der Waals surface area contributed by atoms with E-state index in [1.54, 1.807) is 11.0 Å². The van der Waals surface area contributed by atoms with Gasteiger partial charge in [0.15, 0.2) is 0 Å². The molecule has 1 aliphatic heterocycles. The zero-order valence-electron chi connectivity index (χ0n) is 9.41. The fourth-order valence-electron chi connectivity index (χ4n) is 1.91. The molecule has 6 nitrogen and oxygen atoms in total. The number of piperidine rings is 1. The standard InChI is InChI=1S/C10H17N5O/c1-8(15-7-12-6-13-15)10(16)14-4-2-9(11)3-5-14/h6-9H,2-5,11H2,1H3. The predicted octanol–water partition coefficient (Wildman–Crippen LogP) is -0.211. The van der Waals surface area contributed by atoms with Crippen LogP contribution in [0.15, 0.2) is 12.7 Å². The van der Waals surface area contributed by atoms with Crippen molar-refractivity contribution in [3.63, 3.8) is 0 Å². The van der Waals surface area contributed by atoms with Crippen molar-refractivity contribution >= 4 is 5.91 Å². The summed E-state index contributed by atoms with van der Waals surface area (Å²) in [6, 6.07) is -0.0393. The van der Waals surface area contributed by atoms with Crippen molar-refractivity contribution in [3.8, 4) is 0 Å². The van der Waals surface area contributed by atoms with E-state index in [2.05, 4.69) is 10.1 Å². The fourth-order valence-corrected chi connectivity index (χ4v) is 1.91. The molecule has 0 bridgehead atoms. The maximum atomic E-state index is 12.1. The SMILES string of the molecule is CC(C(=O)N1CCC(N)CC1)n1cncn1. The van der Waals surface area contributed by atoms with Crippen LogP contribution < -0.4 is 5.73 Å². The van der Waals surface area contributed by atoms with Crippen LogP contribution in [0.25, 0.3) is 0 Å². The highest BCUT2D eigenvalue weighted by Gasteiger charge is 2.25. The van der Waals surface area contributed by atoms with Gasteiger partial charge in [0.1, 0.15) is 18.7 Å². The molecule has 0 spiro atoms. The van der Waals surface area contributed by atoms with Crippen molar-refractivity contribution in [1.29, 1.82) is 0 Å². The molecule has 1 saturated heterocycles. The minimum absolute atomic E-state index is 0.0948. The second kappa shape index (κ2) is 4.61. The van der Waals surface area contributed by atoms with Crippen molar-refractivity contribution in [2.24, 2.45) is 5.73 Å². The molecule has 2 rings (SSSR count). The van der Waals surface area contributed by atoms with Gasteiger partial charge in [-0.15, -0.1) is 0 Å². The molecule has 1 amide bonds. The highest BCUT2D eigenvalue weighted by Crippen LogP contribution is 2.14. The Kier molecular flexibility index (Phi) is 3.19. The van der Waals surface area contributed by atoms with Crippen LogP contribution in [-0.2, 0) is 4.79 Å². The summed E-state index contributed by atoms with van der Waals surface area (Å²) in [5, 5.41) is 3.98. The van der Waals surface area contributed by atoms with Crippen LogP contribution >= 0.6 is 0 Å². The van der Waals surface area contributed by atoms with Gasteiger partial charge in [-0.2, -0.15) is 5.10 Å². The Balaban J connectivity index is 1.97. The Morgan fingerprint density at radius 1 is 1.50 bits per heavy atom. The highest BCUT2D eigenvalue weighted by molar-refractivity contribution is 5.80. The molecule has 1 aromatic heterocycles. The number of nitrogens with two attached hydrogens (primary N) is 1. The van der Waals surface area contributed by atoms with Gasteiger partial charge in [0, 0.05) is 19.1 Å². The van der Waals surface area contributed by atoms with Gasteiger partial charge in [0.2, 0.25) is 5.91 Å². The van der Waals surface area contributed by atoms with E-state index in [9.17, 15) is 4.79 Å². The number of carbonyl (C=O) groups excluding carboxylic acids is 1. The van der Waals surface area contributed by atoms with Crippen molar-refractivity contribution in [3.05, 3.63) is 12.7 Å². The van der Waals surface area contributed by atoms with E-state index in [0.29, 0.717) is 0 Å². The molecule has 1 aliphatic rings. The molecule has 1 unspecified atom stereocenters. The topological polar surface area (TPSA) is 77.0 Å². The van der Waals surface area contributed by atoms with Crippen molar-refractivity contribution in [2.75, 3.05) is 13.1 Å². The molecule has 0 aliphatic carbocycles. The predicted molar refractivity (Wildman–Crippen MR) is 58.5 cm³/mol. The Hall–Kier alpha value is -1.43. The summed E-state index contributed by atoms with van der Waals surface area (Å²) in [5.41, 5.74) is 5.80. The Labute approximate surface area is 94.4 Å². The normalized spacial score (nSPS) is 19.8. The van der Waals surface area contributed by atoms with Crippen molar-refractivity contribution in [2.45, 2.75) is 31.8 Å². The van der Waals surface area contributed by atoms with Crippen LogP contribution in [0.2, 0.25) is 0 Å². The number of rotatable bonds is 2. The summed E-state index contributed by atoms with van der Waals surface area (Å²) in [6.07, 6.45) is 4.78. The van der Waals surface area contributed by atoms with Gasteiger partial charge in [-0.25, -0.2) is 9.67 Å². The molecular formula is C10H17N5O. The van der Waals surface area contributed by atoms with Gasteiger partial charge in [0.25, 0.3) is 0 Å². The van der Waals surface area contributed by atoms with Gasteiger partial charge in [-0.3, -0.25) is 4.79 Å². The second-order valence-corrected chi connectivity index (χ2v) is 4.21. The van der Waals surface area contributed by atoms with E-state index in [-0.39, 0.29) is 18.0 Å². The molecule has 1 fully saturated rings. The molecule has 1 aromatic rings. The summed E-state index contributed by atoms with van der Waals surface area (Å²) in [5.74, 6) is 0.0948. The first-order chi connectivity index (χ1) is 7.68. The van der Waals surface area contributed by atoms with Crippen LogP contribution in [0.5, 0.6) is 0 Å². The maximum Gasteiger partial charge on any atom is 0.247 e. The van der Waals surface area contributed by atoms with Crippen LogP contribution in [0.3, 0.4) is 0 Å². The van der Waals surface area contributed by atoms with Crippen molar-refractivity contribution < 1.29 is 4.79 Å². The average molecular weight is 223 g/mol. The van der Waals surface area contributed by atoms with E-state index in [1.165, 1.54) is 6.33 Å². The number of amides is 1. The monoisotopic (exact) mass is 223 g/mol. The third kappa shape index (κ3) is 2.21. The van der Waals surface area contributed by atoms with Gasteiger partial charge in [-0.05, 0) is 19.8 Å². The van der Waals surface area contributed by atoms with Crippen LogP contribution in [0.4, 0.5) is 0 Å². The van der Waals surface area contributed by atoms with E-state index in [4.69, 9.17) is 5.73 Å². The highest BCUT2D eigenvalue weighted by atomic mass is 16.2. The van der Waals surface area contributed by atoms with Gasteiger partial charge >= 0.3 is 0 Å². The zero-order chi connectivity index (χ0) is 11.5. The third-order valence-electron chi connectivity index (χ3n) is 3.04. The number of likely N-dealkylation sites (tertiary alicyclic amines) is 1. The number of hydrogen-bond acceptors (Lipinski definition) is 4. The largest absolute Gasteiger partial charge is 0.341 e. The van der Waals surface area contributed by atoms with Crippen molar-refractivity contribution in [1.82, 2.24) is 19.7 Å². The number of carbonyl (C=O) groups is 1. The fraction of sp³-hybridized carbons (Fsp3) is 0.700. The van der Waals surface area contributed by atoms with Gasteiger partial charge in [0.05, 0.1) is 0 Å². The molecule has 0 saturated carbocycles. The van der Waals surface area contributed by atoms with Crippen LogP contribution in [-0.4, -0.2) is 44.7 Å².